The van der Waals surface area contributed by atoms with Gasteiger partial charge in [-0.15, -0.1) is 0 Å². The first-order valence-electron chi connectivity index (χ1n) is 6.42. The van der Waals surface area contributed by atoms with Gasteiger partial charge in [0.05, 0.1) is 0 Å². The molecule has 0 radical (unpaired) electrons. The van der Waals surface area contributed by atoms with Crippen LogP contribution in [0.25, 0.3) is 0 Å². The summed E-state index contributed by atoms with van der Waals surface area (Å²) in [6, 6.07) is 6.76. The maximum absolute atomic E-state index is 11.5. The molecule has 1 N–H and O–H groups in total. The molecule has 0 aliphatic heterocycles. The van der Waals surface area contributed by atoms with Crippen molar-refractivity contribution in [1.29, 1.82) is 0 Å². The van der Waals surface area contributed by atoms with E-state index in [1.165, 1.54) is 16.7 Å². The summed E-state index contributed by atoms with van der Waals surface area (Å²) in [4.78, 5) is 13.1. The van der Waals surface area contributed by atoms with Crippen LogP contribution in [0.5, 0.6) is 0 Å². The van der Waals surface area contributed by atoms with Crippen molar-refractivity contribution >= 4 is 5.91 Å². The number of aryl methyl sites for hydroxylation is 2. The molecule has 3 nitrogen and oxygen atoms in total. The van der Waals surface area contributed by atoms with Crippen LogP contribution in [0.2, 0.25) is 0 Å². The lowest BCUT2D eigenvalue weighted by Gasteiger charge is -2.17. The van der Waals surface area contributed by atoms with Gasteiger partial charge >= 0.3 is 0 Å². The van der Waals surface area contributed by atoms with Crippen LogP contribution < -0.4 is 5.32 Å². The summed E-state index contributed by atoms with van der Waals surface area (Å²) in [6.07, 6.45) is 0.544. The van der Waals surface area contributed by atoms with Crippen LogP contribution in [0.4, 0.5) is 0 Å². The van der Waals surface area contributed by atoms with Crippen molar-refractivity contribution in [1.82, 2.24) is 10.2 Å². The summed E-state index contributed by atoms with van der Waals surface area (Å²) in [5, 5.41) is 3.40. The van der Waals surface area contributed by atoms with Crippen molar-refractivity contribution in [3.63, 3.8) is 0 Å². The van der Waals surface area contributed by atoms with Gasteiger partial charge in [-0.05, 0) is 31.9 Å². The number of nitrogens with zero attached hydrogens (tertiary/aromatic N) is 1. The fourth-order valence-electron chi connectivity index (χ4n) is 2.04. The molecule has 0 bridgehead atoms. The van der Waals surface area contributed by atoms with Gasteiger partial charge in [0, 0.05) is 33.1 Å². The molecule has 0 aliphatic carbocycles. The van der Waals surface area contributed by atoms with Crippen LogP contribution in [-0.2, 0) is 4.79 Å². The summed E-state index contributed by atoms with van der Waals surface area (Å²) in [7, 11) is 3.58. The molecule has 0 spiro atoms. The highest BCUT2D eigenvalue weighted by Crippen LogP contribution is 2.18. The number of hydrogen-bond donors (Lipinski definition) is 1. The molecular weight excluding hydrogens is 224 g/mol. The first-order valence-corrected chi connectivity index (χ1v) is 6.42. The highest BCUT2D eigenvalue weighted by molar-refractivity contribution is 5.75. The van der Waals surface area contributed by atoms with E-state index in [1.54, 1.807) is 19.0 Å². The molecule has 1 unspecified atom stereocenters. The van der Waals surface area contributed by atoms with Crippen LogP contribution >= 0.6 is 0 Å². The zero-order valence-corrected chi connectivity index (χ0v) is 12.1. The van der Waals surface area contributed by atoms with Crippen molar-refractivity contribution in [3.8, 4) is 0 Å². The third kappa shape index (κ3) is 4.15. The maximum atomic E-state index is 11.5. The van der Waals surface area contributed by atoms with Gasteiger partial charge in [-0.1, -0.05) is 23.8 Å². The summed E-state index contributed by atoms with van der Waals surface area (Å²) in [5.74, 6) is 0.162. The van der Waals surface area contributed by atoms with E-state index in [1.807, 2.05) is 0 Å². The summed E-state index contributed by atoms with van der Waals surface area (Å²) < 4.78 is 0. The lowest BCUT2D eigenvalue weighted by molar-refractivity contribution is -0.128. The molecular formula is C15H24N2O. The maximum Gasteiger partial charge on any atom is 0.223 e. The van der Waals surface area contributed by atoms with Gasteiger partial charge in [-0.25, -0.2) is 0 Å². The molecule has 1 aromatic rings. The first-order chi connectivity index (χ1) is 8.41. The number of benzene rings is 1. The van der Waals surface area contributed by atoms with Crippen LogP contribution in [0.3, 0.4) is 0 Å². The molecule has 3 heteroatoms. The molecule has 0 saturated carbocycles. The second-order valence-electron chi connectivity index (χ2n) is 5.07. The van der Waals surface area contributed by atoms with Crippen LogP contribution in [-0.4, -0.2) is 31.4 Å². The Morgan fingerprint density at radius 2 is 2.00 bits per heavy atom. The molecule has 1 amide bonds. The Bertz CT molecular complexity index is 413. The lowest BCUT2D eigenvalue weighted by atomic mass is 10.0. The molecule has 1 rings (SSSR count). The monoisotopic (exact) mass is 248 g/mol. The van der Waals surface area contributed by atoms with E-state index in [2.05, 4.69) is 44.3 Å². The molecule has 1 aromatic carbocycles. The van der Waals surface area contributed by atoms with E-state index in [9.17, 15) is 4.79 Å². The van der Waals surface area contributed by atoms with Crippen LogP contribution in [0, 0.1) is 13.8 Å². The lowest BCUT2D eigenvalue weighted by Crippen LogP contribution is -2.28. The molecule has 100 valence electrons. The van der Waals surface area contributed by atoms with Crippen molar-refractivity contribution in [3.05, 3.63) is 34.9 Å². The van der Waals surface area contributed by atoms with Crippen molar-refractivity contribution < 1.29 is 4.79 Å². The van der Waals surface area contributed by atoms with Gasteiger partial charge in [0.1, 0.15) is 0 Å². The van der Waals surface area contributed by atoms with E-state index in [4.69, 9.17) is 0 Å². The van der Waals surface area contributed by atoms with E-state index in [0.717, 1.165) is 0 Å². The Morgan fingerprint density at radius 3 is 2.56 bits per heavy atom. The fraction of sp³-hybridized carbons (Fsp3) is 0.533. The smallest absolute Gasteiger partial charge is 0.223 e. The predicted molar refractivity (Wildman–Crippen MR) is 75.6 cm³/mol. The van der Waals surface area contributed by atoms with Crippen molar-refractivity contribution in [2.45, 2.75) is 33.2 Å². The largest absolute Gasteiger partial charge is 0.349 e. The summed E-state index contributed by atoms with van der Waals surface area (Å²) in [5.41, 5.74) is 3.89. The number of hydrogen-bond acceptors (Lipinski definition) is 2. The standard InChI is InChI=1S/C15H24N2O/c1-11-6-7-14(12(2)10-11)13(3)16-9-8-15(18)17(4)5/h6-7,10,13,16H,8-9H2,1-5H3. The molecule has 1 atom stereocenters. The van der Waals surface area contributed by atoms with Gasteiger partial charge in [0.15, 0.2) is 0 Å². The zero-order chi connectivity index (χ0) is 13.7. The predicted octanol–water partition coefficient (Wildman–Crippen LogP) is 2.43. The number of rotatable bonds is 5. The first kappa shape index (κ1) is 14.7. The Balaban J connectivity index is 2.50. The minimum absolute atomic E-state index is 0.162. The number of carbonyl (C=O) groups is 1. The Kier molecular flexibility index (Phi) is 5.35. The SMILES string of the molecule is Cc1ccc(C(C)NCCC(=O)N(C)C)c(C)c1. The highest BCUT2D eigenvalue weighted by atomic mass is 16.2. The minimum Gasteiger partial charge on any atom is -0.349 e. The quantitative estimate of drug-likeness (QED) is 0.868. The van der Waals surface area contributed by atoms with Gasteiger partial charge in [0.25, 0.3) is 0 Å². The van der Waals surface area contributed by atoms with Gasteiger partial charge in [0.2, 0.25) is 5.91 Å². The van der Waals surface area contributed by atoms with Gasteiger partial charge < -0.3 is 10.2 Å². The average molecular weight is 248 g/mol. The Labute approximate surface area is 110 Å². The van der Waals surface area contributed by atoms with Crippen LogP contribution in [0.15, 0.2) is 18.2 Å². The molecule has 0 aliphatic rings. The molecule has 0 saturated heterocycles. The molecule has 18 heavy (non-hydrogen) atoms. The number of carbonyl (C=O) groups excluding carboxylic acids is 1. The summed E-state index contributed by atoms with van der Waals surface area (Å²) >= 11 is 0. The van der Waals surface area contributed by atoms with Gasteiger partial charge in [-0.3, -0.25) is 4.79 Å². The zero-order valence-electron chi connectivity index (χ0n) is 12.1. The van der Waals surface area contributed by atoms with Crippen molar-refractivity contribution in [2.24, 2.45) is 0 Å². The summed E-state index contributed by atoms with van der Waals surface area (Å²) in [6.45, 7) is 7.08. The van der Waals surface area contributed by atoms with Crippen molar-refractivity contribution in [2.75, 3.05) is 20.6 Å². The van der Waals surface area contributed by atoms with E-state index < -0.39 is 0 Å². The second-order valence-corrected chi connectivity index (χ2v) is 5.07. The Morgan fingerprint density at radius 1 is 1.33 bits per heavy atom. The topological polar surface area (TPSA) is 32.3 Å². The molecule has 0 fully saturated rings. The second kappa shape index (κ2) is 6.55. The van der Waals surface area contributed by atoms with Gasteiger partial charge in [-0.2, -0.15) is 0 Å². The third-order valence-electron chi connectivity index (χ3n) is 3.18. The normalized spacial score (nSPS) is 12.3. The Hall–Kier alpha value is -1.35. The minimum atomic E-state index is 0.162. The fourth-order valence-corrected chi connectivity index (χ4v) is 2.04. The van der Waals surface area contributed by atoms with E-state index in [0.29, 0.717) is 13.0 Å². The third-order valence-corrected chi connectivity index (χ3v) is 3.18. The average Bonchev–Trinajstić information content (AvgIpc) is 2.28. The highest BCUT2D eigenvalue weighted by Gasteiger charge is 2.09. The van der Waals surface area contributed by atoms with Crippen LogP contribution in [0.1, 0.15) is 36.1 Å². The molecule has 0 heterocycles. The van der Waals surface area contributed by atoms with E-state index >= 15 is 0 Å². The number of nitrogens with one attached hydrogen (secondary N) is 1. The molecule has 0 aromatic heterocycles. The number of amides is 1. The van der Waals surface area contributed by atoms with E-state index in [-0.39, 0.29) is 11.9 Å².